The van der Waals surface area contributed by atoms with Crippen LogP contribution in [0.15, 0.2) is 36.8 Å². The van der Waals surface area contributed by atoms with E-state index in [1.165, 1.54) is 0 Å². The van der Waals surface area contributed by atoms with Crippen molar-refractivity contribution >= 4 is 36.5 Å². The third-order valence-electron chi connectivity index (χ3n) is 4.84. The molecule has 7 heteroatoms. The first kappa shape index (κ1) is 21.8. The number of unbranched alkanes of at least 4 members (excludes halogenated alkanes) is 1. The highest BCUT2D eigenvalue weighted by molar-refractivity contribution is 6.76. The van der Waals surface area contributed by atoms with E-state index in [1.807, 2.05) is 18.2 Å². The summed E-state index contributed by atoms with van der Waals surface area (Å²) in [6.45, 7) is 11.4. The van der Waals surface area contributed by atoms with E-state index in [1.54, 1.807) is 6.33 Å². The molecule has 0 unspecified atom stereocenters. The van der Waals surface area contributed by atoms with Gasteiger partial charge in [0.2, 0.25) is 0 Å². The third kappa shape index (κ3) is 5.81. The summed E-state index contributed by atoms with van der Waals surface area (Å²) in [4.78, 5) is 9.10. The average molecular weight is 431 g/mol. The molecule has 3 rings (SSSR count). The number of benzene rings is 1. The van der Waals surface area contributed by atoms with Gasteiger partial charge < -0.3 is 14.6 Å². The molecule has 3 aromatic rings. The molecule has 29 heavy (non-hydrogen) atoms. The standard InChI is InChI=1S/C22H31ClN4OSi/c1-5-6-10-24-21-20-19(17-8-7-9-18(23)13-17)14-27(22(20)26-15-25-21)16-28-11-12-29(2,3)4/h7-9,13-15H,5-6,10-12,16H2,1-4H3,(H,24,25,26). The minimum atomic E-state index is -1.11. The van der Waals surface area contributed by atoms with Crippen molar-refractivity contribution in [2.24, 2.45) is 0 Å². The number of ether oxygens (including phenoxy) is 1. The van der Waals surface area contributed by atoms with Gasteiger partial charge in [-0.2, -0.15) is 0 Å². The Morgan fingerprint density at radius 1 is 1.21 bits per heavy atom. The van der Waals surface area contributed by atoms with E-state index in [9.17, 15) is 0 Å². The van der Waals surface area contributed by atoms with Crippen LogP contribution in [0.1, 0.15) is 19.8 Å². The zero-order valence-electron chi connectivity index (χ0n) is 17.8. The number of aromatic nitrogens is 3. The van der Waals surface area contributed by atoms with Crippen LogP contribution in [0, 0.1) is 0 Å². The fraction of sp³-hybridized carbons (Fsp3) is 0.455. The van der Waals surface area contributed by atoms with E-state index in [4.69, 9.17) is 16.3 Å². The molecule has 0 spiro atoms. The average Bonchev–Trinajstić information content (AvgIpc) is 3.04. The monoisotopic (exact) mass is 430 g/mol. The predicted octanol–water partition coefficient (Wildman–Crippen LogP) is 6.28. The number of hydrogen-bond donors (Lipinski definition) is 1. The van der Waals surface area contributed by atoms with Crippen LogP contribution >= 0.6 is 11.6 Å². The molecular formula is C22H31ClN4OSi. The van der Waals surface area contributed by atoms with Gasteiger partial charge >= 0.3 is 0 Å². The first-order valence-electron chi connectivity index (χ1n) is 10.3. The van der Waals surface area contributed by atoms with Crippen molar-refractivity contribution in [1.82, 2.24) is 14.5 Å². The molecule has 0 saturated carbocycles. The zero-order chi connectivity index (χ0) is 20.9. The first-order chi connectivity index (χ1) is 13.9. The van der Waals surface area contributed by atoms with Crippen LogP contribution in [0.3, 0.4) is 0 Å². The zero-order valence-corrected chi connectivity index (χ0v) is 19.6. The van der Waals surface area contributed by atoms with Crippen molar-refractivity contribution in [2.45, 2.75) is 52.2 Å². The van der Waals surface area contributed by atoms with Crippen LogP contribution in [-0.2, 0) is 11.5 Å². The fourth-order valence-electron chi connectivity index (χ4n) is 3.16. The Balaban J connectivity index is 1.96. The lowest BCUT2D eigenvalue weighted by atomic mass is 10.1. The lowest BCUT2D eigenvalue weighted by Crippen LogP contribution is -2.22. The summed E-state index contributed by atoms with van der Waals surface area (Å²) >= 11 is 6.27. The Bertz CT molecular complexity index is 952. The van der Waals surface area contributed by atoms with Crippen LogP contribution < -0.4 is 5.32 Å². The summed E-state index contributed by atoms with van der Waals surface area (Å²) in [7, 11) is -1.11. The number of hydrogen-bond acceptors (Lipinski definition) is 4. The maximum absolute atomic E-state index is 6.27. The van der Waals surface area contributed by atoms with Gasteiger partial charge in [-0.1, -0.05) is 56.7 Å². The van der Waals surface area contributed by atoms with Gasteiger partial charge in [-0.3, -0.25) is 0 Å². The lowest BCUT2D eigenvalue weighted by Gasteiger charge is -2.15. The molecule has 1 N–H and O–H groups in total. The second-order valence-corrected chi connectivity index (χ2v) is 14.6. The summed E-state index contributed by atoms with van der Waals surface area (Å²) in [6.07, 6.45) is 5.95. The Morgan fingerprint density at radius 3 is 2.76 bits per heavy atom. The van der Waals surface area contributed by atoms with Crippen molar-refractivity contribution in [1.29, 1.82) is 0 Å². The highest BCUT2D eigenvalue weighted by Gasteiger charge is 2.17. The minimum Gasteiger partial charge on any atom is -0.369 e. The van der Waals surface area contributed by atoms with Gasteiger partial charge in [-0.25, -0.2) is 9.97 Å². The number of nitrogens with one attached hydrogen (secondary N) is 1. The molecule has 0 aliphatic carbocycles. The number of halogens is 1. The molecule has 0 amide bonds. The fourth-order valence-corrected chi connectivity index (χ4v) is 4.10. The van der Waals surface area contributed by atoms with E-state index in [-0.39, 0.29) is 0 Å². The van der Waals surface area contributed by atoms with Gasteiger partial charge in [-0.05, 0) is 30.2 Å². The smallest absolute Gasteiger partial charge is 0.148 e. The molecule has 0 saturated heterocycles. The molecule has 0 atom stereocenters. The van der Waals surface area contributed by atoms with E-state index in [0.29, 0.717) is 11.8 Å². The topological polar surface area (TPSA) is 52.0 Å². The molecule has 2 aromatic heterocycles. The van der Waals surface area contributed by atoms with Crippen LogP contribution in [0.25, 0.3) is 22.2 Å². The number of fused-ring (bicyclic) bond motifs is 1. The van der Waals surface area contributed by atoms with E-state index >= 15 is 0 Å². The van der Waals surface area contributed by atoms with Crippen LogP contribution in [0.2, 0.25) is 30.7 Å². The SMILES string of the molecule is CCCCNc1ncnc2c1c(-c1cccc(Cl)c1)cn2COCC[Si](C)(C)C. The first-order valence-corrected chi connectivity index (χ1v) is 14.4. The van der Waals surface area contributed by atoms with Crippen molar-refractivity contribution in [3.05, 3.63) is 41.8 Å². The predicted molar refractivity (Wildman–Crippen MR) is 125 cm³/mol. The molecule has 0 aliphatic heterocycles. The molecular weight excluding hydrogens is 400 g/mol. The summed E-state index contributed by atoms with van der Waals surface area (Å²) in [6, 6.07) is 9.06. The van der Waals surface area contributed by atoms with Gasteiger partial charge in [-0.15, -0.1) is 0 Å². The molecule has 1 aromatic carbocycles. The molecule has 5 nitrogen and oxygen atoms in total. The summed E-state index contributed by atoms with van der Waals surface area (Å²) in [5.74, 6) is 0.860. The quantitative estimate of drug-likeness (QED) is 0.304. The lowest BCUT2D eigenvalue weighted by molar-refractivity contribution is 0.0899. The highest BCUT2D eigenvalue weighted by atomic mass is 35.5. The number of nitrogens with zero attached hydrogens (tertiary/aromatic N) is 3. The summed E-state index contributed by atoms with van der Waals surface area (Å²) < 4.78 is 8.08. The molecule has 2 heterocycles. The second-order valence-electron chi connectivity index (χ2n) is 8.57. The maximum Gasteiger partial charge on any atom is 0.148 e. The van der Waals surface area contributed by atoms with Crippen LogP contribution in [-0.4, -0.2) is 35.8 Å². The minimum absolute atomic E-state index is 0.479. The second kappa shape index (κ2) is 9.74. The third-order valence-corrected chi connectivity index (χ3v) is 6.78. The van der Waals surface area contributed by atoms with E-state index in [0.717, 1.165) is 60.0 Å². The Labute approximate surface area is 179 Å². The molecule has 0 radical (unpaired) electrons. The van der Waals surface area contributed by atoms with Gasteiger partial charge in [0.15, 0.2) is 0 Å². The maximum atomic E-state index is 6.27. The number of rotatable bonds is 10. The van der Waals surface area contributed by atoms with Crippen molar-refractivity contribution in [3.8, 4) is 11.1 Å². The largest absolute Gasteiger partial charge is 0.369 e. The Kier molecular flexibility index (Phi) is 7.32. The van der Waals surface area contributed by atoms with Crippen molar-refractivity contribution in [2.75, 3.05) is 18.5 Å². The Hall–Kier alpha value is -1.89. The van der Waals surface area contributed by atoms with Crippen LogP contribution in [0.4, 0.5) is 5.82 Å². The van der Waals surface area contributed by atoms with Gasteiger partial charge in [0.1, 0.15) is 24.5 Å². The molecule has 0 fully saturated rings. The van der Waals surface area contributed by atoms with Crippen molar-refractivity contribution < 1.29 is 4.74 Å². The van der Waals surface area contributed by atoms with Gasteiger partial charge in [0, 0.05) is 38.0 Å². The van der Waals surface area contributed by atoms with Gasteiger partial charge in [0.25, 0.3) is 0 Å². The van der Waals surface area contributed by atoms with Gasteiger partial charge in [0.05, 0.1) is 5.39 Å². The molecule has 156 valence electrons. The van der Waals surface area contributed by atoms with Crippen LogP contribution in [0.5, 0.6) is 0 Å². The molecule has 0 aliphatic rings. The summed E-state index contributed by atoms with van der Waals surface area (Å²) in [5, 5.41) is 5.21. The van der Waals surface area contributed by atoms with E-state index < -0.39 is 8.07 Å². The molecule has 0 bridgehead atoms. The summed E-state index contributed by atoms with van der Waals surface area (Å²) in [5.41, 5.74) is 2.99. The highest BCUT2D eigenvalue weighted by Crippen LogP contribution is 2.34. The van der Waals surface area contributed by atoms with E-state index in [2.05, 4.69) is 58.7 Å². The number of anilines is 1. The normalized spacial score (nSPS) is 11.9. The van der Waals surface area contributed by atoms with Crippen molar-refractivity contribution in [3.63, 3.8) is 0 Å². The Morgan fingerprint density at radius 2 is 2.03 bits per heavy atom.